The van der Waals surface area contributed by atoms with Crippen molar-refractivity contribution in [2.45, 2.75) is 19.7 Å². The van der Waals surface area contributed by atoms with Crippen molar-refractivity contribution < 1.29 is 9.47 Å². The van der Waals surface area contributed by atoms with Gasteiger partial charge in [0.05, 0.1) is 7.11 Å². The molecule has 5 heteroatoms. The summed E-state index contributed by atoms with van der Waals surface area (Å²) in [6.07, 6.45) is 0. The molecule has 0 saturated heterocycles. The molecule has 0 radical (unpaired) electrons. The van der Waals surface area contributed by atoms with E-state index in [1.807, 2.05) is 48.5 Å². The molecule has 0 aliphatic carbocycles. The highest BCUT2D eigenvalue weighted by Crippen LogP contribution is 2.24. The van der Waals surface area contributed by atoms with Crippen LogP contribution in [0.1, 0.15) is 16.7 Å². The van der Waals surface area contributed by atoms with Crippen LogP contribution in [0.3, 0.4) is 0 Å². The molecule has 3 nitrogen and oxygen atoms in total. The molecule has 0 unspecified atom stereocenters. The summed E-state index contributed by atoms with van der Waals surface area (Å²) >= 11 is 6.17. The number of halogens is 2. The fourth-order valence-electron chi connectivity index (χ4n) is 2.65. The molecule has 0 heterocycles. The first kappa shape index (κ1) is 21.1. The van der Waals surface area contributed by atoms with Crippen LogP contribution in [0.2, 0.25) is 5.02 Å². The number of hydrogen-bond donors (Lipinski definition) is 1. The Morgan fingerprint density at radius 2 is 1.59 bits per heavy atom. The maximum absolute atomic E-state index is 6.17. The fourth-order valence-corrected chi connectivity index (χ4v) is 2.84. The summed E-state index contributed by atoms with van der Waals surface area (Å²) in [7, 11) is 1.67. The van der Waals surface area contributed by atoms with Crippen LogP contribution in [0.15, 0.2) is 72.8 Å². The van der Waals surface area contributed by atoms with Gasteiger partial charge in [0.1, 0.15) is 18.1 Å². The van der Waals surface area contributed by atoms with Crippen LogP contribution in [0, 0.1) is 0 Å². The Morgan fingerprint density at radius 3 is 2.30 bits per heavy atom. The van der Waals surface area contributed by atoms with Gasteiger partial charge in [-0.05, 0) is 41.5 Å². The van der Waals surface area contributed by atoms with Gasteiger partial charge < -0.3 is 14.8 Å². The van der Waals surface area contributed by atoms with Crippen molar-refractivity contribution in [1.29, 1.82) is 0 Å². The van der Waals surface area contributed by atoms with Crippen molar-refractivity contribution in [3.8, 4) is 11.5 Å². The summed E-state index contributed by atoms with van der Waals surface area (Å²) in [5.41, 5.74) is 3.38. The predicted octanol–water partition coefficient (Wildman–Crippen LogP) is 5.64. The molecule has 0 atom stereocenters. The van der Waals surface area contributed by atoms with Gasteiger partial charge in [-0.2, -0.15) is 0 Å². The largest absolute Gasteiger partial charge is 0.497 e. The molecular weight excluding hydrogens is 381 g/mol. The van der Waals surface area contributed by atoms with Gasteiger partial charge in [-0.15, -0.1) is 12.4 Å². The van der Waals surface area contributed by atoms with E-state index in [2.05, 4.69) is 29.6 Å². The third kappa shape index (κ3) is 6.47. The summed E-state index contributed by atoms with van der Waals surface area (Å²) in [5, 5.41) is 4.15. The van der Waals surface area contributed by atoms with Gasteiger partial charge in [-0.3, -0.25) is 0 Å². The molecule has 27 heavy (non-hydrogen) atoms. The van der Waals surface area contributed by atoms with Crippen LogP contribution >= 0.6 is 24.0 Å². The summed E-state index contributed by atoms with van der Waals surface area (Å²) < 4.78 is 11.2. The van der Waals surface area contributed by atoms with Crippen molar-refractivity contribution in [3.63, 3.8) is 0 Å². The van der Waals surface area contributed by atoms with Gasteiger partial charge in [0.25, 0.3) is 0 Å². The molecule has 0 aliphatic heterocycles. The number of hydrogen-bond acceptors (Lipinski definition) is 3. The zero-order valence-electron chi connectivity index (χ0n) is 15.2. The van der Waals surface area contributed by atoms with Crippen LogP contribution in [-0.2, 0) is 19.7 Å². The highest BCUT2D eigenvalue weighted by molar-refractivity contribution is 6.30. The molecule has 142 valence electrons. The van der Waals surface area contributed by atoms with Crippen LogP contribution in [0.5, 0.6) is 11.5 Å². The maximum Gasteiger partial charge on any atom is 0.124 e. The normalized spacial score (nSPS) is 10.1. The third-order valence-electron chi connectivity index (χ3n) is 4.06. The highest BCUT2D eigenvalue weighted by atomic mass is 35.5. The lowest BCUT2D eigenvalue weighted by Gasteiger charge is -2.13. The second-order valence-corrected chi connectivity index (χ2v) is 6.41. The van der Waals surface area contributed by atoms with Crippen LogP contribution in [0.25, 0.3) is 0 Å². The number of nitrogens with one attached hydrogen (secondary N) is 1. The van der Waals surface area contributed by atoms with Gasteiger partial charge in [-0.1, -0.05) is 54.1 Å². The average Bonchev–Trinajstić information content (AvgIpc) is 2.69. The quantitative estimate of drug-likeness (QED) is 0.527. The SMILES string of the molecule is COc1ccc(CNCc2cc(Cl)ccc2OCc2ccccc2)cc1.Cl. The Morgan fingerprint density at radius 1 is 0.852 bits per heavy atom. The molecule has 0 amide bonds. The Hall–Kier alpha value is -2.20. The molecule has 0 fully saturated rings. The lowest BCUT2D eigenvalue weighted by atomic mass is 10.1. The Labute approximate surface area is 171 Å². The third-order valence-corrected chi connectivity index (χ3v) is 4.30. The van der Waals surface area contributed by atoms with Gasteiger partial charge >= 0.3 is 0 Å². The van der Waals surface area contributed by atoms with Crippen molar-refractivity contribution in [2.75, 3.05) is 7.11 Å². The van der Waals surface area contributed by atoms with Gasteiger partial charge in [0.2, 0.25) is 0 Å². The molecular formula is C22H23Cl2NO2. The molecule has 0 aromatic heterocycles. The maximum atomic E-state index is 6.17. The summed E-state index contributed by atoms with van der Waals surface area (Å²) in [6.45, 7) is 1.97. The average molecular weight is 404 g/mol. The molecule has 1 N–H and O–H groups in total. The number of benzene rings is 3. The lowest BCUT2D eigenvalue weighted by Crippen LogP contribution is -2.13. The minimum Gasteiger partial charge on any atom is -0.497 e. The number of methoxy groups -OCH3 is 1. The predicted molar refractivity (Wildman–Crippen MR) is 113 cm³/mol. The first-order chi connectivity index (χ1) is 12.7. The smallest absolute Gasteiger partial charge is 0.124 e. The highest BCUT2D eigenvalue weighted by Gasteiger charge is 2.06. The van der Waals surface area contributed by atoms with Crippen molar-refractivity contribution in [2.24, 2.45) is 0 Å². The Bertz CT molecular complexity index is 823. The van der Waals surface area contributed by atoms with Crippen molar-refractivity contribution >= 4 is 24.0 Å². The van der Waals surface area contributed by atoms with E-state index in [4.69, 9.17) is 21.1 Å². The summed E-state index contributed by atoms with van der Waals surface area (Å²) in [4.78, 5) is 0. The van der Waals surface area contributed by atoms with Crippen molar-refractivity contribution in [1.82, 2.24) is 5.32 Å². The van der Waals surface area contributed by atoms with Crippen molar-refractivity contribution in [3.05, 3.63) is 94.5 Å². The molecule has 3 aromatic carbocycles. The monoisotopic (exact) mass is 403 g/mol. The fraction of sp³-hybridized carbons (Fsp3) is 0.182. The second kappa shape index (κ2) is 10.8. The Balaban J connectivity index is 0.00000261. The van der Waals surface area contributed by atoms with E-state index in [1.165, 1.54) is 5.56 Å². The van der Waals surface area contributed by atoms with Gasteiger partial charge in [0, 0.05) is 23.7 Å². The molecule has 0 bridgehead atoms. The van der Waals surface area contributed by atoms with E-state index >= 15 is 0 Å². The molecule has 0 spiro atoms. The lowest BCUT2D eigenvalue weighted by molar-refractivity contribution is 0.302. The van der Waals surface area contributed by atoms with E-state index in [1.54, 1.807) is 7.11 Å². The zero-order chi connectivity index (χ0) is 18.2. The standard InChI is InChI=1S/C22H22ClNO2.ClH/c1-25-21-10-7-17(8-11-21)14-24-15-19-13-20(23)9-12-22(19)26-16-18-5-3-2-4-6-18;/h2-13,24H,14-16H2,1H3;1H. The van der Waals surface area contributed by atoms with Crippen LogP contribution in [0.4, 0.5) is 0 Å². The summed E-state index contributed by atoms with van der Waals surface area (Å²) in [6, 6.07) is 23.9. The Kier molecular flexibility index (Phi) is 8.46. The van der Waals surface area contributed by atoms with Crippen LogP contribution < -0.4 is 14.8 Å². The van der Waals surface area contributed by atoms with E-state index in [9.17, 15) is 0 Å². The minimum absolute atomic E-state index is 0. The van der Waals surface area contributed by atoms with E-state index in [0.29, 0.717) is 18.2 Å². The number of rotatable bonds is 8. The molecule has 0 saturated carbocycles. The first-order valence-corrected chi connectivity index (χ1v) is 8.91. The van der Waals surface area contributed by atoms with Gasteiger partial charge in [-0.25, -0.2) is 0 Å². The minimum atomic E-state index is 0. The van der Waals surface area contributed by atoms with E-state index < -0.39 is 0 Å². The van der Waals surface area contributed by atoms with Crippen LogP contribution in [-0.4, -0.2) is 7.11 Å². The van der Waals surface area contributed by atoms with Gasteiger partial charge in [0.15, 0.2) is 0 Å². The zero-order valence-corrected chi connectivity index (χ0v) is 16.7. The second-order valence-electron chi connectivity index (χ2n) is 5.98. The molecule has 0 aliphatic rings. The van der Waals surface area contributed by atoms with E-state index in [-0.39, 0.29) is 12.4 Å². The molecule has 3 rings (SSSR count). The summed E-state index contributed by atoms with van der Waals surface area (Å²) in [5.74, 6) is 1.71. The first-order valence-electron chi connectivity index (χ1n) is 8.53. The molecule has 3 aromatic rings. The number of ether oxygens (including phenoxy) is 2. The van der Waals surface area contributed by atoms with E-state index in [0.717, 1.165) is 29.2 Å². The topological polar surface area (TPSA) is 30.5 Å².